The van der Waals surface area contributed by atoms with Crippen molar-refractivity contribution in [3.63, 3.8) is 0 Å². The van der Waals surface area contributed by atoms with Crippen molar-refractivity contribution in [1.29, 1.82) is 0 Å². The van der Waals surface area contributed by atoms with Gasteiger partial charge >= 0.3 is 41.5 Å². The Balaban J connectivity index is 0.00000464. The number of carbonyl (C=O) groups excluding carboxylic acids is 3. The van der Waals surface area contributed by atoms with E-state index in [2.05, 4.69) is 39.5 Å². The largest absolute Gasteiger partial charge is 1.00 e. The molecule has 0 unspecified atom stereocenters. The first-order valence-electron chi connectivity index (χ1n) is 19.3. The van der Waals surface area contributed by atoms with Gasteiger partial charge in [-0.15, -0.1) is 0 Å². The molecule has 2 aromatic rings. The number of hydrogen-bond donors (Lipinski definition) is 0. The van der Waals surface area contributed by atoms with Crippen LogP contribution in [0.25, 0.3) is 0 Å². The first-order valence-corrected chi connectivity index (χ1v) is 19.3. The van der Waals surface area contributed by atoms with Crippen LogP contribution in [0.3, 0.4) is 0 Å². The Morgan fingerprint density at radius 2 is 1.67 bits per heavy atom. The average Bonchev–Trinajstić information content (AvgIpc) is 3.74. The maximum absolute atomic E-state index is 14.0. The molecule has 4 saturated carbocycles. The Hall–Kier alpha value is -2.65. The topological polar surface area (TPSA) is 105 Å². The molecule has 0 bridgehead atoms. The SMILES string of the molecule is C=CC(=O)O[C@H]1C[C@H]2[C@@H](CC[C@@H]3C[C@H](OC(=O)[C@@H]4CON(c5ccccc5)[C@@H]4c4ccccc4)CC[C@@]32C)[C@@H]2CC[C@H]([C@H](C)CCC(=O)[O-])[C@@]12C.[Na+]. The normalized spacial score (nSPS) is 37.0. The van der Waals surface area contributed by atoms with Crippen LogP contribution in [-0.4, -0.2) is 36.7 Å². The number of carbonyl (C=O) groups is 3. The molecule has 0 aromatic heterocycles. The Kier molecular flexibility index (Phi) is 12.0. The molecule has 0 N–H and O–H groups in total. The Bertz CT molecular complexity index is 1590. The van der Waals surface area contributed by atoms with Crippen LogP contribution in [-0.2, 0) is 28.7 Å². The molecule has 2 aromatic carbocycles. The van der Waals surface area contributed by atoms with Crippen molar-refractivity contribution in [2.75, 3.05) is 11.7 Å². The van der Waals surface area contributed by atoms with E-state index in [1.807, 2.05) is 53.6 Å². The minimum Gasteiger partial charge on any atom is -0.550 e. The van der Waals surface area contributed by atoms with E-state index in [1.165, 1.54) is 6.08 Å². The van der Waals surface area contributed by atoms with Crippen LogP contribution in [0.1, 0.15) is 96.6 Å². The summed E-state index contributed by atoms with van der Waals surface area (Å²) in [7, 11) is 0. The number of para-hydroxylation sites is 1. The fraction of sp³-hybridized carbons (Fsp3) is 0.605. The number of anilines is 1. The number of esters is 2. The van der Waals surface area contributed by atoms with Gasteiger partial charge in [-0.3, -0.25) is 9.63 Å². The fourth-order valence-electron chi connectivity index (χ4n) is 11.9. The third-order valence-electron chi connectivity index (χ3n) is 14.4. The summed E-state index contributed by atoms with van der Waals surface area (Å²) in [4.78, 5) is 44.4. The maximum Gasteiger partial charge on any atom is 1.00 e. The van der Waals surface area contributed by atoms with Crippen molar-refractivity contribution < 1.29 is 63.4 Å². The molecule has 9 heteroatoms. The first kappa shape index (κ1) is 39.1. The van der Waals surface area contributed by atoms with Crippen molar-refractivity contribution in [2.45, 2.75) is 103 Å². The molecule has 0 spiro atoms. The number of rotatable bonds is 10. The molecule has 1 saturated heterocycles. The van der Waals surface area contributed by atoms with Gasteiger partial charge in [0.1, 0.15) is 18.1 Å². The third kappa shape index (κ3) is 7.14. The molecule has 274 valence electrons. The summed E-state index contributed by atoms with van der Waals surface area (Å²) in [5.41, 5.74) is 1.77. The van der Waals surface area contributed by atoms with E-state index in [9.17, 15) is 19.5 Å². The second kappa shape index (κ2) is 16.0. The van der Waals surface area contributed by atoms with Gasteiger partial charge in [0.2, 0.25) is 0 Å². The van der Waals surface area contributed by atoms with Gasteiger partial charge in [0.25, 0.3) is 0 Å². The number of fused-ring (bicyclic) bond motifs is 5. The van der Waals surface area contributed by atoms with Crippen LogP contribution in [0, 0.1) is 52.3 Å². The van der Waals surface area contributed by atoms with Crippen molar-refractivity contribution in [3.8, 4) is 0 Å². The van der Waals surface area contributed by atoms with Crippen molar-refractivity contribution in [2.24, 2.45) is 52.3 Å². The molecule has 4 aliphatic carbocycles. The van der Waals surface area contributed by atoms with Gasteiger partial charge in [-0.1, -0.05) is 75.9 Å². The van der Waals surface area contributed by atoms with Crippen LogP contribution in [0.2, 0.25) is 0 Å². The van der Waals surface area contributed by atoms with E-state index in [-0.39, 0.29) is 95.4 Å². The second-order valence-corrected chi connectivity index (χ2v) is 16.7. The Labute approximate surface area is 331 Å². The summed E-state index contributed by atoms with van der Waals surface area (Å²) in [6.07, 6.45) is 9.27. The van der Waals surface area contributed by atoms with Gasteiger partial charge in [0, 0.05) is 17.5 Å². The van der Waals surface area contributed by atoms with E-state index < -0.39 is 11.9 Å². The van der Waals surface area contributed by atoms with Crippen molar-refractivity contribution >= 4 is 23.6 Å². The van der Waals surface area contributed by atoms with Crippen molar-refractivity contribution in [1.82, 2.24) is 0 Å². The summed E-state index contributed by atoms with van der Waals surface area (Å²) in [6.45, 7) is 10.9. The van der Waals surface area contributed by atoms with Crippen LogP contribution < -0.4 is 39.7 Å². The first-order chi connectivity index (χ1) is 24.5. The Morgan fingerprint density at radius 1 is 0.962 bits per heavy atom. The smallest absolute Gasteiger partial charge is 0.550 e. The number of aliphatic carboxylic acids is 1. The van der Waals surface area contributed by atoms with Crippen LogP contribution >= 0.6 is 0 Å². The number of hydroxylamine groups is 1. The van der Waals surface area contributed by atoms with Gasteiger partial charge in [-0.2, -0.15) is 0 Å². The number of carboxylic acid groups (broad SMARTS) is 1. The fourth-order valence-corrected chi connectivity index (χ4v) is 11.9. The molecular formula is C43H54NNaO7. The minimum atomic E-state index is -1.01. The molecular weight excluding hydrogens is 665 g/mol. The third-order valence-corrected chi connectivity index (χ3v) is 14.4. The molecule has 52 heavy (non-hydrogen) atoms. The van der Waals surface area contributed by atoms with E-state index in [1.54, 1.807) is 0 Å². The summed E-state index contributed by atoms with van der Waals surface area (Å²) >= 11 is 0. The van der Waals surface area contributed by atoms with E-state index in [0.717, 1.165) is 62.6 Å². The van der Waals surface area contributed by atoms with E-state index in [4.69, 9.17) is 14.3 Å². The zero-order valence-electron chi connectivity index (χ0n) is 31.4. The predicted molar refractivity (Wildman–Crippen MR) is 192 cm³/mol. The predicted octanol–water partition coefficient (Wildman–Crippen LogP) is 4.24. The van der Waals surface area contributed by atoms with Gasteiger partial charge in [-0.25, -0.2) is 9.86 Å². The summed E-state index contributed by atoms with van der Waals surface area (Å²) < 4.78 is 12.7. The van der Waals surface area contributed by atoms with Gasteiger partial charge < -0.3 is 19.4 Å². The van der Waals surface area contributed by atoms with E-state index >= 15 is 0 Å². The van der Waals surface area contributed by atoms with Crippen LogP contribution in [0.4, 0.5) is 5.69 Å². The number of ether oxygens (including phenoxy) is 2. The maximum atomic E-state index is 14.0. The Morgan fingerprint density at radius 3 is 2.37 bits per heavy atom. The molecule has 8 nitrogen and oxygen atoms in total. The molecule has 7 rings (SSSR count). The molecule has 1 heterocycles. The standard InChI is InChI=1S/C43H55NO7.Na/c1-5-39(47)51-37-25-36-32(35-20-19-34(43(35,37)4)27(2)16-21-38(45)46)18-17-29-24-31(22-23-42(29,36)3)50-41(48)33-26-49-44(30-14-10-7-11-15-30)40(33)28-12-8-6-9-13-28;/h5-15,27,29,31-37,40H,1,16-26H2,2-4H3,(H,45,46);/q;+1/p-1/t27-,29-,31-,32+,33-,34-,35+,36+,37+,40-,42+,43-;/m1./s1. The zero-order chi connectivity index (χ0) is 35.9. The second-order valence-electron chi connectivity index (χ2n) is 16.7. The summed E-state index contributed by atoms with van der Waals surface area (Å²) in [5.74, 6) is 0.198. The molecule has 5 fully saturated rings. The van der Waals surface area contributed by atoms with Gasteiger partial charge in [0.05, 0.1) is 18.3 Å². The average molecular weight is 720 g/mol. The molecule has 5 aliphatic rings. The van der Waals surface area contributed by atoms with Crippen LogP contribution in [0.5, 0.6) is 0 Å². The minimum absolute atomic E-state index is 0. The van der Waals surface area contributed by atoms with Crippen LogP contribution in [0.15, 0.2) is 73.3 Å². The monoisotopic (exact) mass is 719 g/mol. The number of nitrogens with zero attached hydrogens (tertiary/aromatic N) is 1. The summed E-state index contributed by atoms with van der Waals surface area (Å²) in [5, 5.41) is 13.2. The quantitative estimate of drug-likeness (QED) is 0.204. The number of benzene rings is 2. The van der Waals surface area contributed by atoms with E-state index in [0.29, 0.717) is 30.1 Å². The molecule has 0 radical (unpaired) electrons. The van der Waals surface area contributed by atoms with Crippen molar-refractivity contribution in [3.05, 3.63) is 78.9 Å². The van der Waals surface area contributed by atoms with Gasteiger partial charge in [0.15, 0.2) is 0 Å². The number of hydrogen-bond acceptors (Lipinski definition) is 8. The molecule has 1 aliphatic heterocycles. The zero-order valence-corrected chi connectivity index (χ0v) is 33.4. The molecule has 0 amide bonds. The molecule has 12 atom stereocenters. The number of carboxylic acids is 1. The van der Waals surface area contributed by atoms with Gasteiger partial charge in [-0.05, 0) is 123 Å². The summed E-state index contributed by atoms with van der Waals surface area (Å²) in [6, 6.07) is 19.7.